The molecule has 0 radical (unpaired) electrons. The third-order valence-electron chi connectivity index (χ3n) is 1.67. The maximum Gasteiger partial charge on any atom is 0.322 e. The minimum atomic E-state index is -1.12. The molecule has 0 aromatic carbocycles. The van der Waals surface area contributed by atoms with Gasteiger partial charge >= 0.3 is 5.97 Å². The summed E-state index contributed by atoms with van der Waals surface area (Å²) in [4.78, 5) is 14.8. The minimum Gasteiger partial charge on any atom is -0.480 e. The van der Waals surface area contributed by atoms with Gasteiger partial charge in [0, 0.05) is 7.11 Å². The number of thioether (sulfide) groups is 1. The molecule has 0 aliphatic carbocycles. The third-order valence-corrected chi connectivity index (χ3v) is 2.78. The molecule has 0 aliphatic heterocycles. The molecule has 15 heavy (non-hydrogen) atoms. The molecule has 4 N–H and O–H groups in total. The number of nitrogens with one attached hydrogen (secondary N) is 1. The highest BCUT2D eigenvalue weighted by Gasteiger charge is 2.36. The van der Waals surface area contributed by atoms with Crippen LogP contribution in [0.3, 0.4) is 0 Å². The van der Waals surface area contributed by atoms with Crippen LogP contribution in [0.15, 0.2) is 5.16 Å². The highest BCUT2D eigenvalue weighted by atomic mass is 32.2. The van der Waals surface area contributed by atoms with Crippen molar-refractivity contribution in [2.75, 3.05) is 19.5 Å². The normalized spacial score (nSPS) is 14.8. The molecule has 0 fully saturated rings. The Morgan fingerprint density at radius 3 is 2.87 bits per heavy atom. The number of H-pyrrole nitrogens is 1. The number of aromatic nitrogens is 3. The van der Waals surface area contributed by atoms with Gasteiger partial charge in [0.25, 0.3) is 0 Å². The fraction of sp³-hybridized carbons (Fsp3) is 0.571. The van der Waals surface area contributed by atoms with Crippen LogP contribution in [0.1, 0.15) is 6.92 Å². The van der Waals surface area contributed by atoms with Crippen molar-refractivity contribution in [3.05, 3.63) is 0 Å². The van der Waals surface area contributed by atoms with E-state index in [1.54, 1.807) is 0 Å². The number of hydrogen-bond donors (Lipinski definition) is 3. The van der Waals surface area contributed by atoms with Gasteiger partial charge in [-0.3, -0.25) is 4.79 Å². The Labute approximate surface area is 90.4 Å². The van der Waals surface area contributed by atoms with Gasteiger partial charge in [-0.1, -0.05) is 11.8 Å². The summed E-state index contributed by atoms with van der Waals surface area (Å²) < 4.78 is 3.73. The van der Waals surface area contributed by atoms with Gasteiger partial charge in [-0.15, -0.1) is 5.10 Å². The Hall–Kier alpha value is -1.28. The number of nitrogen functional groups attached to an aromatic ring is 1. The summed E-state index contributed by atoms with van der Waals surface area (Å²) in [6.45, 7) is 1.59. The molecule has 0 amide bonds. The average molecular weight is 232 g/mol. The molecular weight excluding hydrogens is 220 g/mol. The van der Waals surface area contributed by atoms with E-state index in [0.717, 1.165) is 11.8 Å². The zero-order valence-corrected chi connectivity index (χ0v) is 9.17. The summed E-state index contributed by atoms with van der Waals surface area (Å²) in [6, 6.07) is 0. The monoisotopic (exact) mass is 232 g/mol. The number of ether oxygens (including phenoxy) is 1. The number of aromatic amines is 1. The smallest absolute Gasteiger partial charge is 0.322 e. The van der Waals surface area contributed by atoms with E-state index in [2.05, 4.69) is 15.2 Å². The topological polar surface area (TPSA) is 114 Å². The quantitative estimate of drug-likeness (QED) is 0.610. The van der Waals surface area contributed by atoms with Gasteiger partial charge < -0.3 is 15.6 Å². The molecule has 0 saturated heterocycles. The molecule has 0 saturated carbocycles. The number of carboxylic acid groups (broad SMARTS) is 1. The molecule has 1 atom stereocenters. The van der Waals surface area contributed by atoms with Crippen LogP contribution in [-0.4, -0.2) is 44.7 Å². The van der Waals surface area contributed by atoms with Crippen LogP contribution in [0, 0.1) is 0 Å². The first-order valence-electron chi connectivity index (χ1n) is 4.07. The largest absolute Gasteiger partial charge is 0.480 e. The van der Waals surface area contributed by atoms with Crippen molar-refractivity contribution in [1.29, 1.82) is 0 Å². The average Bonchev–Trinajstić information content (AvgIpc) is 2.51. The lowest BCUT2D eigenvalue weighted by Gasteiger charge is -2.20. The molecule has 0 spiro atoms. The Morgan fingerprint density at radius 1 is 1.80 bits per heavy atom. The van der Waals surface area contributed by atoms with Crippen molar-refractivity contribution in [1.82, 2.24) is 15.2 Å². The van der Waals surface area contributed by atoms with Crippen LogP contribution in [-0.2, 0) is 9.53 Å². The Kier molecular flexibility index (Phi) is 3.53. The van der Waals surface area contributed by atoms with Crippen molar-refractivity contribution >= 4 is 23.7 Å². The van der Waals surface area contributed by atoms with Gasteiger partial charge in [-0.25, -0.2) is 5.10 Å². The maximum atomic E-state index is 11.0. The van der Waals surface area contributed by atoms with Gasteiger partial charge in [0.1, 0.15) is 4.75 Å². The first kappa shape index (κ1) is 11.8. The molecule has 1 unspecified atom stereocenters. The highest BCUT2D eigenvalue weighted by molar-refractivity contribution is 8.01. The zero-order valence-electron chi connectivity index (χ0n) is 8.35. The molecule has 0 aliphatic rings. The maximum absolute atomic E-state index is 11.0. The van der Waals surface area contributed by atoms with E-state index in [9.17, 15) is 4.79 Å². The predicted octanol–water partition coefficient (Wildman–Crippen LogP) is -0.0313. The molecule has 1 aromatic rings. The first-order chi connectivity index (χ1) is 6.98. The zero-order chi connectivity index (χ0) is 11.5. The summed E-state index contributed by atoms with van der Waals surface area (Å²) in [6.07, 6.45) is 0. The lowest BCUT2D eigenvalue weighted by atomic mass is 10.2. The van der Waals surface area contributed by atoms with Gasteiger partial charge in [-0.05, 0) is 6.92 Å². The number of carboxylic acids is 1. The van der Waals surface area contributed by atoms with Crippen LogP contribution in [0.5, 0.6) is 0 Å². The van der Waals surface area contributed by atoms with Crippen LogP contribution in [0.2, 0.25) is 0 Å². The van der Waals surface area contributed by atoms with E-state index in [1.165, 1.54) is 14.0 Å². The van der Waals surface area contributed by atoms with Crippen LogP contribution >= 0.6 is 11.8 Å². The number of carbonyl (C=O) groups is 1. The summed E-state index contributed by atoms with van der Waals surface area (Å²) in [5.41, 5.74) is 5.33. The lowest BCUT2D eigenvalue weighted by Crippen LogP contribution is -2.36. The second-order valence-electron chi connectivity index (χ2n) is 3.07. The Morgan fingerprint density at radius 2 is 2.47 bits per heavy atom. The van der Waals surface area contributed by atoms with Gasteiger partial charge in [0.15, 0.2) is 0 Å². The second-order valence-corrected chi connectivity index (χ2v) is 4.54. The van der Waals surface area contributed by atoms with Crippen molar-refractivity contribution in [3.63, 3.8) is 0 Å². The number of rotatable bonds is 5. The van der Waals surface area contributed by atoms with E-state index in [4.69, 9.17) is 15.6 Å². The van der Waals surface area contributed by atoms with Crippen molar-refractivity contribution in [2.24, 2.45) is 0 Å². The molecule has 8 heteroatoms. The molecule has 7 nitrogen and oxygen atoms in total. The van der Waals surface area contributed by atoms with Crippen LogP contribution in [0.4, 0.5) is 5.95 Å². The van der Waals surface area contributed by atoms with E-state index < -0.39 is 10.7 Å². The summed E-state index contributed by atoms with van der Waals surface area (Å²) in [5, 5.41) is 15.5. The molecular formula is C7H12N4O3S. The van der Waals surface area contributed by atoms with E-state index in [0.29, 0.717) is 0 Å². The van der Waals surface area contributed by atoms with E-state index >= 15 is 0 Å². The minimum absolute atomic E-state index is 0.0570. The van der Waals surface area contributed by atoms with E-state index in [1.807, 2.05) is 0 Å². The summed E-state index contributed by atoms with van der Waals surface area (Å²) in [5.74, 6) is -0.833. The number of aliphatic carboxylic acids is 1. The predicted molar refractivity (Wildman–Crippen MR) is 54.6 cm³/mol. The standard InChI is InChI=1S/C7H12N4O3S/c1-7(3-14-2,4(12)13)15-6-9-5(8)10-11-6/h3H2,1-2H3,(H,12,13)(H3,8,9,10,11). The number of methoxy groups -OCH3 is 1. The molecule has 1 rings (SSSR count). The fourth-order valence-electron chi connectivity index (χ4n) is 0.916. The Bertz CT molecular complexity index is 356. The number of anilines is 1. The van der Waals surface area contributed by atoms with Crippen LogP contribution < -0.4 is 5.73 Å². The Balaban J connectivity index is 2.79. The number of nitrogens with zero attached hydrogens (tertiary/aromatic N) is 2. The highest BCUT2D eigenvalue weighted by Crippen LogP contribution is 2.31. The van der Waals surface area contributed by atoms with Gasteiger partial charge in [0.05, 0.1) is 6.61 Å². The summed E-state index contributed by atoms with van der Waals surface area (Å²) >= 11 is 0.987. The van der Waals surface area contributed by atoms with Crippen molar-refractivity contribution < 1.29 is 14.6 Å². The van der Waals surface area contributed by atoms with Crippen molar-refractivity contribution in [2.45, 2.75) is 16.8 Å². The number of nitrogens with two attached hydrogens (primary N) is 1. The molecule has 84 valence electrons. The van der Waals surface area contributed by atoms with E-state index in [-0.39, 0.29) is 17.7 Å². The molecule has 0 bridgehead atoms. The molecule has 1 heterocycles. The van der Waals surface area contributed by atoms with Crippen LogP contribution in [0.25, 0.3) is 0 Å². The van der Waals surface area contributed by atoms with Crippen molar-refractivity contribution in [3.8, 4) is 0 Å². The third kappa shape index (κ3) is 2.83. The number of hydrogen-bond acceptors (Lipinski definition) is 6. The first-order valence-corrected chi connectivity index (χ1v) is 4.89. The molecule has 1 aromatic heterocycles. The summed E-state index contributed by atoms with van der Waals surface area (Å²) in [7, 11) is 1.44. The SMILES string of the molecule is COCC(C)(Sc1n[nH]c(N)n1)C(=O)O. The fourth-order valence-corrected chi connectivity index (χ4v) is 1.82. The lowest BCUT2D eigenvalue weighted by molar-refractivity contribution is -0.140. The van der Waals surface area contributed by atoms with Gasteiger partial charge in [0.2, 0.25) is 11.1 Å². The second kappa shape index (κ2) is 4.49. The van der Waals surface area contributed by atoms with Gasteiger partial charge in [-0.2, -0.15) is 4.98 Å².